The zero-order chi connectivity index (χ0) is 13.5. The van der Waals surface area contributed by atoms with E-state index in [1.165, 1.54) is 6.92 Å². The van der Waals surface area contributed by atoms with Gasteiger partial charge in [0.05, 0.1) is 6.10 Å². The van der Waals surface area contributed by atoms with E-state index in [4.69, 9.17) is 5.11 Å². The van der Waals surface area contributed by atoms with Crippen molar-refractivity contribution in [2.75, 3.05) is 5.75 Å². The van der Waals surface area contributed by atoms with E-state index in [9.17, 15) is 14.7 Å². The monoisotopic (exact) mass is 269 g/mol. The average molecular weight is 269 g/mol. The predicted octanol–water partition coefficient (Wildman–Crippen LogP) is 1.00. The van der Waals surface area contributed by atoms with Crippen LogP contribution in [0.3, 0.4) is 0 Å². The van der Waals surface area contributed by atoms with Crippen LogP contribution in [-0.2, 0) is 9.59 Å². The fraction of sp³-hybridized carbons (Fsp3) is 0.333. The van der Waals surface area contributed by atoms with Gasteiger partial charge in [0.2, 0.25) is 5.91 Å². The zero-order valence-electron chi connectivity index (χ0n) is 9.87. The number of carboxylic acids is 1. The Hall–Kier alpha value is -1.53. The Morgan fingerprint density at radius 1 is 1.33 bits per heavy atom. The topological polar surface area (TPSA) is 86.6 Å². The maximum absolute atomic E-state index is 10.9. The minimum atomic E-state index is -1.13. The standard InChI is InChI=1S/C12H15NO4S/c1-8(14)13-11(12(16)17)18-7-10(15)9-5-3-2-4-6-9/h2-6,10-11,15H,7H2,1H3,(H,13,14)(H,16,17). The molecular formula is C12H15NO4S. The van der Waals surface area contributed by atoms with Gasteiger partial charge in [0.25, 0.3) is 0 Å². The number of aliphatic carboxylic acids is 1. The summed E-state index contributed by atoms with van der Waals surface area (Å²) in [6, 6.07) is 8.96. The van der Waals surface area contributed by atoms with Crippen LogP contribution in [-0.4, -0.2) is 33.2 Å². The molecule has 0 radical (unpaired) electrons. The van der Waals surface area contributed by atoms with E-state index >= 15 is 0 Å². The number of aliphatic hydroxyl groups is 1. The van der Waals surface area contributed by atoms with Crippen molar-refractivity contribution in [2.45, 2.75) is 18.4 Å². The van der Waals surface area contributed by atoms with Crippen molar-refractivity contribution < 1.29 is 19.8 Å². The summed E-state index contributed by atoms with van der Waals surface area (Å²) in [6.45, 7) is 1.25. The number of hydrogen-bond acceptors (Lipinski definition) is 4. The molecule has 6 heteroatoms. The van der Waals surface area contributed by atoms with Crippen molar-refractivity contribution in [3.8, 4) is 0 Å². The van der Waals surface area contributed by atoms with E-state index in [0.29, 0.717) is 0 Å². The highest BCUT2D eigenvalue weighted by Crippen LogP contribution is 2.20. The predicted molar refractivity (Wildman–Crippen MR) is 69.1 cm³/mol. The van der Waals surface area contributed by atoms with Crippen LogP contribution in [0.5, 0.6) is 0 Å². The van der Waals surface area contributed by atoms with E-state index in [1.54, 1.807) is 24.3 Å². The Balaban J connectivity index is 2.52. The summed E-state index contributed by atoms with van der Waals surface area (Å²) < 4.78 is 0. The second-order valence-corrected chi connectivity index (χ2v) is 4.82. The summed E-state index contributed by atoms with van der Waals surface area (Å²) in [7, 11) is 0. The highest BCUT2D eigenvalue weighted by molar-refractivity contribution is 8.00. The van der Waals surface area contributed by atoms with E-state index in [-0.39, 0.29) is 5.75 Å². The Kier molecular flexibility index (Phi) is 5.67. The lowest BCUT2D eigenvalue weighted by atomic mass is 10.1. The average Bonchev–Trinajstić information content (AvgIpc) is 2.34. The Bertz CT molecular complexity index is 410. The molecule has 0 aromatic heterocycles. The van der Waals surface area contributed by atoms with Crippen LogP contribution >= 0.6 is 11.8 Å². The molecule has 2 atom stereocenters. The van der Waals surface area contributed by atoms with Gasteiger partial charge in [0.1, 0.15) is 0 Å². The lowest BCUT2D eigenvalue weighted by Crippen LogP contribution is -2.37. The number of amides is 1. The molecule has 98 valence electrons. The molecule has 18 heavy (non-hydrogen) atoms. The van der Waals surface area contributed by atoms with Crippen molar-refractivity contribution in [3.63, 3.8) is 0 Å². The summed E-state index contributed by atoms with van der Waals surface area (Å²) in [6.07, 6.45) is -0.758. The molecule has 0 heterocycles. The van der Waals surface area contributed by atoms with Crippen LogP contribution in [0.2, 0.25) is 0 Å². The van der Waals surface area contributed by atoms with E-state index < -0.39 is 23.4 Å². The number of carbonyl (C=O) groups is 2. The van der Waals surface area contributed by atoms with Gasteiger partial charge in [-0.1, -0.05) is 30.3 Å². The molecule has 0 aliphatic rings. The summed E-state index contributed by atoms with van der Waals surface area (Å²) in [5, 5.41) is 20.0. The molecule has 0 fully saturated rings. The summed E-state index contributed by atoms with van der Waals surface area (Å²) in [5.74, 6) is -1.35. The van der Waals surface area contributed by atoms with Crippen LogP contribution in [0.25, 0.3) is 0 Å². The van der Waals surface area contributed by atoms with Gasteiger partial charge >= 0.3 is 5.97 Å². The molecular weight excluding hydrogens is 254 g/mol. The van der Waals surface area contributed by atoms with E-state index in [0.717, 1.165) is 17.3 Å². The first-order valence-corrected chi connectivity index (χ1v) is 6.40. The van der Waals surface area contributed by atoms with Gasteiger partial charge < -0.3 is 15.5 Å². The van der Waals surface area contributed by atoms with Gasteiger partial charge in [-0.3, -0.25) is 4.79 Å². The van der Waals surface area contributed by atoms with Gasteiger partial charge in [0.15, 0.2) is 5.37 Å². The summed E-state index contributed by atoms with van der Waals surface area (Å²) >= 11 is 0.979. The number of hydrogen-bond donors (Lipinski definition) is 3. The third-order valence-electron chi connectivity index (χ3n) is 2.16. The number of nitrogens with one attached hydrogen (secondary N) is 1. The van der Waals surface area contributed by atoms with Gasteiger partial charge in [-0.15, -0.1) is 11.8 Å². The zero-order valence-corrected chi connectivity index (χ0v) is 10.7. The van der Waals surface area contributed by atoms with Gasteiger partial charge in [0, 0.05) is 12.7 Å². The molecule has 3 N–H and O–H groups in total. The van der Waals surface area contributed by atoms with Crippen molar-refractivity contribution in [3.05, 3.63) is 35.9 Å². The molecule has 1 rings (SSSR count). The number of rotatable bonds is 6. The molecule has 2 unspecified atom stereocenters. The highest BCUT2D eigenvalue weighted by Gasteiger charge is 2.20. The van der Waals surface area contributed by atoms with Crippen LogP contribution in [0, 0.1) is 0 Å². The molecule has 5 nitrogen and oxygen atoms in total. The molecule has 1 aromatic rings. The number of aliphatic hydroxyl groups excluding tert-OH is 1. The minimum absolute atomic E-state index is 0.196. The summed E-state index contributed by atoms with van der Waals surface area (Å²) in [5.41, 5.74) is 0.719. The Morgan fingerprint density at radius 2 is 1.94 bits per heavy atom. The number of carboxylic acid groups (broad SMARTS) is 1. The van der Waals surface area contributed by atoms with E-state index in [2.05, 4.69) is 5.32 Å². The Labute approximate surface area is 109 Å². The fourth-order valence-corrected chi connectivity index (χ4v) is 2.28. The maximum Gasteiger partial charge on any atom is 0.336 e. The molecule has 0 aliphatic heterocycles. The highest BCUT2D eigenvalue weighted by atomic mass is 32.2. The van der Waals surface area contributed by atoms with Gasteiger partial charge in [-0.05, 0) is 5.56 Å². The summed E-state index contributed by atoms with van der Waals surface area (Å²) in [4.78, 5) is 21.7. The minimum Gasteiger partial charge on any atom is -0.479 e. The number of carbonyl (C=O) groups excluding carboxylic acids is 1. The van der Waals surface area contributed by atoms with Crippen LogP contribution in [0.4, 0.5) is 0 Å². The second-order valence-electron chi connectivity index (χ2n) is 3.68. The molecule has 0 saturated carbocycles. The van der Waals surface area contributed by atoms with Crippen LogP contribution < -0.4 is 5.32 Å². The van der Waals surface area contributed by atoms with Crippen molar-refractivity contribution in [2.24, 2.45) is 0 Å². The lowest BCUT2D eigenvalue weighted by Gasteiger charge is -2.15. The molecule has 0 spiro atoms. The van der Waals surface area contributed by atoms with Crippen LogP contribution in [0.15, 0.2) is 30.3 Å². The molecule has 1 aromatic carbocycles. The number of benzene rings is 1. The molecule has 1 amide bonds. The normalized spacial score (nSPS) is 13.7. The molecule has 0 saturated heterocycles. The smallest absolute Gasteiger partial charge is 0.336 e. The van der Waals surface area contributed by atoms with E-state index in [1.807, 2.05) is 6.07 Å². The number of thioether (sulfide) groups is 1. The first-order valence-electron chi connectivity index (χ1n) is 5.35. The Morgan fingerprint density at radius 3 is 2.44 bits per heavy atom. The lowest BCUT2D eigenvalue weighted by molar-refractivity contribution is -0.138. The quantitative estimate of drug-likeness (QED) is 0.671. The van der Waals surface area contributed by atoms with Gasteiger partial charge in [-0.25, -0.2) is 4.79 Å². The third-order valence-corrected chi connectivity index (χ3v) is 3.32. The first-order chi connectivity index (χ1) is 8.50. The van der Waals surface area contributed by atoms with Gasteiger partial charge in [-0.2, -0.15) is 0 Å². The van der Waals surface area contributed by atoms with Crippen molar-refractivity contribution in [1.82, 2.24) is 5.32 Å². The fourth-order valence-electron chi connectivity index (χ4n) is 1.32. The third kappa shape index (κ3) is 4.77. The van der Waals surface area contributed by atoms with Crippen molar-refractivity contribution in [1.29, 1.82) is 0 Å². The van der Waals surface area contributed by atoms with Crippen molar-refractivity contribution >= 4 is 23.6 Å². The first kappa shape index (κ1) is 14.5. The van der Waals surface area contributed by atoms with Crippen LogP contribution in [0.1, 0.15) is 18.6 Å². The maximum atomic E-state index is 10.9. The SMILES string of the molecule is CC(=O)NC(SCC(O)c1ccccc1)C(=O)O. The second kappa shape index (κ2) is 7.03. The molecule has 0 aliphatic carbocycles. The molecule has 0 bridgehead atoms. The largest absolute Gasteiger partial charge is 0.479 e.